The van der Waals surface area contributed by atoms with Gasteiger partial charge in [0.05, 0.1) is 6.54 Å². The fraction of sp³-hybridized carbons (Fsp3) is 0.227. The second-order valence-electron chi connectivity index (χ2n) is 7.22. The number of carbonyl (C=O) groups excluding carboxylic acids is 3. The van der Waals surface area contributed by atoms with Gasteiger partial charge in [0.15, 0.2) is 0 Å². The fourth-order valence-corrected chi connectivity index (χ4v) is 3.95. The number of benzene rings is 2. The molecule has 5 rings (SSSR count). The van der Waals surface area contributed by atoms with E-state index in [1.807, 2.05) is 36.4 Å². The third-order valence-corrected chi connectivity index (χ3v) is 5.39. The van der Waals surface area contributed by atoms with Crippen LogP contribution in [0.5, 0.6) is 5.75 Å². The van der Waals surface area contributed by atoms with Crippen molar-refractivity contribution in [2.45, 2.75) is 32.0 Å². The van der Waals surface area contributed by atoms with Gasteiger partial charge in [-0.25, -0.2) is 0 Å². The van der Waals surface area contributed by atoms with Gasteiger partial charge in [-0.05, 0) is 30.7 Å². The minimum absolute atomic E-state index is 0.219. The van der Waals surface area contributed by atoms with Crippen molar-refractivity contribution in [2.24, 2.45) is 0 Å². The van der Waals surface area contributed by atoms with E-state index in [1.165, 1.54) is 4.90 Å². The van der Waals surface area contributed by atoms with E-state index in [0.29, 0.717) is 23.5 Å². The van der Waals surface area contributed by atoms with Crippen LogP contribution in [-0.4, -0.2) is 28.7 Å². The van der Waals surface area contributed by atoms with Crippen molar-refractivity contribution >= 4 is 28.7 Å². The van der Waals surface area contributed by atoms with Crippen molar-refractivity contribution in [1.82, 2.24) is 10.2 Å². The van der Waals surface area contributed by atoms with Gasteiger partial charge < -0.3 is 14.1 Å². The SMILES string of the molecule is O=C1CCC(N2Cc3c(OCc4cc5ccccc5o4)cccc3C2=O)C(=O)N1. The Bertz CT molecular complexity index is 1120. The van der Waals surface area contributed by atoms with Crippen LogP contribution in [0.25, 0.3) is 11.0 Å². The van der Waals surface area contributed by atoms with Gasteiger partial charge in [0.1, 0.15) is 29.7 Å². The van der Waals surface area contributed by atoms with Crippen LogP contribution in [0, 0.1) is 0 Å². The van der Waals surface area contributed by atoms with Crippen LogP contribution in [0.3, 0.4) is 0 Å². The number of hydrogen-bond acceptors (Lipinski definition) is 5. The van der Waals surface area contributed by atoms with E-state index in [0.717, 1.165) is 16.5 Å². The summed E-state index contributed by atoms with van der Waals surface area (Å²) in [6.07, 6.45) is 0.561. The monoisotopic (exact) mass is 390 g/mol. The molecule has 0 radical (unpaired) electrons. The number of para-hydroxylation sites is 1. The minimum Gasteiger partial charge on any atom is -0.485 e. The van der Waals surface area contributed by atoms with Gasteiger partial charge in [0.25, 0.3) is 5.91 Å². The predicted octanol–water partition coefficient (Wildman–Crippen LogP) is 2.77. The highest BCUT2D eigenvalue weighted by Gasteiger charge is 2.40. The zero-order valence-corrected chi connectivity index (χ0v) is 15.5. The Labute approximate surface area is 166 Å². The lowest BCUT2D eigenvalue weighted by molar-refractivity contribution is -0.136. The number of carbonyl (C=O) groups is 3. The lowest BCUT2D eigenvalue weighted by Gasteiger charge is -2.29. The molecule has 3 amide bonds. The zero-order chi connectivity index (χ0) is 20.0. The number of amides is 3. The second-order valence-corrected chi connectivity index (χ2v) is 7.22. The maximum Gasteiger partial charge on any atom is 0.255 e. The highest BCUT2D eigenvalue weighted by Crippen LogP contribution is 2.34. The molecule has 1 fully saturated rings. The van der Waals surface area contributed by atoms with Crippen molar-refractivity contribution < 1.29 is 23.5 Å². The molecule has 1 N–H and O–H groups in total. The Morgan fingerprint density at radius 1 is 1.10 bits per heavy atom. The molecule has 7 nitrogen and oxygen atoms in total. The van der Waals surface area contributed by atoms with Crippen LogP contribution < -0.4 is 10.1 Å². The quantitative estimate of drug-likeness (QED) is 0.692. The average molecular weight is 390 g/mol. The van der Waals surface area contributed by atoms with Gasteiger partial charge in [-0.3, -0.25) is 19.7 Å². The molecule has 29 heavy (non-hydrogen) atoms. The van der Waals surface area contributed by atoms with E-state index in [2.05, 4.69) is 5.32 Å². The minimum atomic E-state index is -0.643. The highest BCUT2D eigenvalue weighted by atomic mass is 16.5. The number of nitrogens with zero attached hydrogens (tertiary/aromatic N) is 1. The maximum absolute atomic E-state index is 12.9. The normalized spacial score (nSPS) is 18.8. The topological polar surface area (TPSA) is 88.9 Å². The number of fused-ring (bicyclic) bond motifs is 2. The number of imide groups is 1. The number of piperidine rings is 1. The largest absolute Gasteiger partial charge is 0.485 e. The summed E-state index contributed by atoms with van der Waals surface area (Å²) in [7, 11) is 0. The lowest BCUT2D eigenvalue weighted by atomic mass is 10.0. The zero-order valence-electron chi connectivity index (χ0n) is 15.5. The Morgan fingerprint density at radius 2 is 1.97 bits per heavy atom. The van der Waals surface area contributed by atoms with E-state index in [1.54, 1.807) is 12.1 Å². The van der Waals surface area contributed by atoms with Crippen molar-refractivity contribution in [3.05, 3.63) is 65.4 Å². The number of nitrogens with one attached hydrogen (secondary N) is 1. The molecule has 3 aromatic rings. The fourth-order valence-electron chi connectivity index (χ4n) is 3.95. The first kappa shape index (κ1) is 17.5. The van der Waals surface area contributed by atoms with Crippen LogP contribution in [0.1, 0.15) is 34.5 Å². The van der Waals surface area contributed by atoms with Gasteiger partial charge in [-0.1, -0.05) is 24.3 Å². The average Bonchev–Trinajstić information content (AvgIpc) is 3.28. The highest BCUT2D eigenvalue weighted by molar-refractivity contribution is 6.05. The Morgan fingerprint density at radius 3 is 2.79 bits per heavy atom. The molecule has 3 heterocycles. The van der Waals surface area contributed by atoms with Crippen LogP contribution in [0.2, 0.25) is 0 Å². The number of hydrogen-bond donors (Lipinski definition) is 1. The molecule has 1 unspecified atom stereocenters. The third-order valence-electron chi connectivity index (χ3n) is 5.39. The molecule has 1 saturated heterocycles. The molecule has 0 bridgehead atoms. The predicted molar refractivity (Wildman–Crippen MR) is 103 cm³/mol. The summed E-state index contributed by atoms with van der Waals surface area (Å²) in [6.45, 7) is 0.508. The molecule has 1 aromatic heterocycles. The van der Waals surface area contributed by atoms with Crippen molar-refractivity contribution in [2.75, 3.05) is 0 Å². The van der Waals surface area contributed by atoms with Gasteiger partial charge in [-0.2, -0.15) is 0 Å². The summed E-state index contributed by atoms with van der Waals surface area (Å²) >= 11 is 0. The molecule has 2 aliphatic heterocycles. The Balaban J connectivity index is 1.36. The van der Waals surface area contributed by atoms with Gasteiger partial charge in [-0.15, -0.1) is 0 Å². The molecule has 2 aromatic carbocycles. The number of rotatable bonds is 4. The molecule has 0 aliphatic carbocycles. The second kappa shape index (κ2) is 6.77. The molecule has 0 saturated carbocycles. The number of furan rings is 1. The molecular weight excluding hydrogens is 372 g/mol. The summed E-state index contributed by atoms with van der Waals surface area (Å²) < 4.78 is 11.7. The van der Waals surface area contributed by atoms with E-state index < -0.39 is 11.9 Å². The van der Waals surface area contributed by atoms with E-state index in [9.17, 15) is 14.4 Å². The smallest absolute Gasteiger partial charge is 0.255 e. The lowest BCUT2D eigenvalue weighted by Crippen LogP contribution is -2.52. The van der Waals surface area contributed by atoms with Gasteiger partial charge >= 0.3 is 0 Å². The molecule has 7 heteroatoms. The van der Waals surface area contributed by atoms with Gasteiger partial charge in [0.2, 0.25) is 11.8 Å². The molecular formula is C22H18N2O5. The molecule has 2 aliphatic rings. The van der Waals surface area contributed by atoms with Crippen LogP contribution in [-0.2, 0) is 22.7 Å². The van der Waals surface area contributed by atoms with E-state index in [-0.39, 0.29) is 31.4 Å². The summed E-state index contributed by atoms with van der Waals surface area (Å²) in [5, 5.41) is 3.32. The summed E-state index contributed by atoms with van der Waals surface area (Å²) in [4.78, 5) is 38.0. The van der Waals surface area contributed by atoms with Crippen molar-refractivity contribution in [1.29, 1.82) is 0 Å². The first-order valence-electron chi connectivity index (χ1n) is 9.47. The van der Waals surface area contributed by atoms with Crippen LogP contribution in [0.15, 0.2) is 52.9 Å². The van der Waals surface area contributed by atoms with Crippen LogP contribution >= 0.6 is 0 Å². The summed E-state index contributed by atoms with van der Waals surface area (Å²) in [5.41, 5.74) is 2.07. The first-order chi connectivity index (χ1) is 14.1. The molecule has 1 atom stereocenters. The van der Waals surface area contributed by atoms with E-state index in [4.69, 9.17) is 9.15 Å². The Kier molecular flexibility index (Phi) is 4.08. The summed E-state index contributed by atoms with van der Waals surface area (Å²) in [6, 6.07) is 14.3. The van der Waals surface area contributed by atoms with Crippen molar-refractivity contribution in [3.63, 3.8) is 0 Å². The van der Waals surface area contributed by atoms with Crippen LogP contribution in [0.4, 0.5) is 0 Å². The molecule has 0 spiro atoms. The first-order valence-corrected chi connectivity index (χ1v) is 9.47. The van der Waals surface area contributed by atoms with Crippen molar-refractivity contribution in [3.8, 4) is 5.75 Å². The van der Waals surface area contributed by atoms with E-state index >= 15 is 0 Å². The third kappa shape index (κ3) is 3.04. The Hall–Kier alpha value is -3.61. The number of ether oxygens (including phenoxy) is 1. The maximum atomic E-state index is 12.9. The molecule has 146 valence electrons. The summed E-state index contributed by atoms with van der Waals surface area (Å²) in [5.74, 6) is 0.336. The standard InChI is InChI=1S/C22H18N2O5/c25-20-9-8-17(21(26)23-20)24-11-16-15(22(24)27)5-3-7-19(16)28-12-14-10-13-4-1-2-6-18(13)29-14/h1-7,10,17H,8-9,11-12H2,(H,23,25,26). The van der Waals surface area contributed by atoms with Gasteiger partial charge in [0, 0.05) is 22.9 Å².